The molecule has 1 amide bonds. The Kier molecular flexibility index (Phi) is 5.80. The molecule has 2 fully saturated rings. The molecule has 5 heteroatoms. The number of aliphatic imine (C=N–C) groups is 1. The van der Waals surface area contributed by atoms with E-state index >= 15 is 0 Å². The van der Waals surface area contributed by atoms with Gasteiger partial charge in [0.2, 0.25) is 0 Å². The van der Waals surface area contributed by atoms with Crippen molar-refractivity contribution in [2.24, 2.45) is 10.9 Å². The van der Waals surface area contributed by atoms with Gasteiger partial charge in [-0.25, -0.2) is 0 Å². The van der Waals surface area contributed by atoms with E-state index in [4.69, 9.17) is 6.42 Å². The van der Waals surface area contributed by atoms with Crippen molar-refractivity contribution in [3.05, 3.63) is 59.0 Å². The first-order valence-electron chi connectivity index (χ1n) is 9.60. The quantitative estimate of drug-likeness (QED) is 0.787. The van der Waals surface area contributed by atoms with E-state index in [0.29, 0.717) is 11.8 Å². The Labute approximate surface area is 170 Å². The van der Waals surface area contributed by atoms with Gasteiger partial charge in [-0.05, 0) is 66.0 Å². The first-order chi connectivity index (χ1) is 13.7. The van der Waals surface area contributed by atoms with Crippen LogP contribution in [0.1, 0.15) is 18.4 Å². The van der Waals surface area contributed by atoms with Gasteiger partial charge in [0.05, 0.1) is 4.91 Å². The van der Waals surface area contributed by atoms with E-state index in [1.54, 1.807) is 0 Å². The van der Waals surface area contributed by atoms with Gasteiger partial charge in [-0.1, -0.05) is 48.4 Å². The van der Waals surface area contributed by atoms with Crippen LogP contribution in [0.15, 0.2) is 58.4 Å². The molecule has 4 rings (SSSR count). The monoisotopic (exact) mass is 389 g/mol. The normalized spacial score (nSPS) is 21.3. The molecule has 0 unspecified atom stereocenters. The number of amidine groups is 1. The number of nitrogens with one attached hydrogen (secondary N) is 1. The van der Waals surface area contributed by atoms with Crippen LogP contribution in [0, 0.1) is 18.3 Å². The summed E-state index contributed by atoms with van der Waals surface area (Å²) in [6, 6.07) is 15.2. The lowest BCUT2D eigenvalue weighted by Gasteiger charge is -2.31. The second-order valence-electron chi connectivity index (χ2n) is 7.21. The van der Waals surface area contributed by atoms with Crippen molar-refractivity contribution in [2.75, 3.05) is 19.6 Å². The van der Waals surface area contributed by atoms with E-state index < -0.39 is 0 Å². The number of amides is 1. The van der Waals surface area contributed by atoms with Crippen LogP contribution in [0.25, 0.3) is 10.8 Å². The maximum absolute atomic E-state index is 11.7. The molecule has 2 aromatic carbocycles. The van der Waals surface area contributed by atoms with Crippen molar-refractivity contribution in [3.8, 4) is 12.3 Å². The standard InChI is InChI=1S/C23H23N3OS/c1-2-11-24-22-21(28-23(27)25-22)15-17-9-12-26(13-10-17)16-18-7-8-19-5-3-4-6-20(19)14-18/h1,3-8,14-15,17H,9-13,16H2,(H,24,25,27)/b21-15-. The van der Waals surface area contributed by atoms with Crippen LogP contribution in [0.2, 0.25) is 0 Å². The van der Waals surface area contributed by atoms with Crippen LogP contribution in [0.4, 0.5) is 4.79 Å². The zero-order valence-corrected chi connectivity index (χ0v) is 16.5. The maximum Gasteiger partial charge on any atom is 0.289 e. The lowest BCUT2D eigenvalue weighted by molar-refractivity contribution is 0.196. The largest absolute Gasteiger partial charge is 0.300 e. The second-order valence-corrected chi connectivity index (χ2v) is 8.22. The molecular formula is C23H23N3OS. The number of carbonyl (C=O) groups excluding carboxylic acids is 1. The first kappa shape index (κ1) is 18.8. The molecule has 0 aliphatic carbocycles. The summed E-state index contributed by atoms with van der Waals surface area (Å²) in [6.07, 6.45) is 9.66. The fourth-order valence-electron chi connectivity index (χ4n) is 3.77. The average Bonchev–Trinajstić information content (AvgIpc) is 3.06. The Morgan fingerprint density at radius 3 is 2.79 bits per heavy atom. The summed E-state index contributed by atoms with van der Waals surface area (Å²) in [5.41, 5.74) is 1.36. The van der Waals surface area contributed by atoms with Gasteiger partial charge >= 0.3 is 0 Å². The summed E-state index contributed by atoms with van der Waals surface area (Å²) in [6.45, 7) is 3.39. The van der Waals surface area contributed by atoms with Gasteiger partial charge in [-0.15, -0.1) is 6.42 Å². The van der Waals surface area contributed by atoms with E-state index in [-0.39, 0.29) is 11.8 Å². The first-order valence-corrected chi connectivity index (χ1v) is 10.4. The number of terminal acetylenes is 1. The minimum Gasteiger partial charge on any atom is -0.300 e. The van der Waals surface area contributed by atoms with Crippen LogP contribution in [0.3, 0.4) is 0 Å². The zero-order valence-electron chi connectivity index (χ0n) is 15.7. The lowest BCUT2D eigenvalue weighted by Crippen LogP contribution is -2.32. The summed E-state index contributed by atoms with van der Waals surface area (Å²) < 4.78 is 0. The molecule has 2 aromatic rings. The fourth-order valence-corrected chi connectivity index (χ4v) is 4.59. The summed E-state index contributed by atoms with van der Waals surface area (Å²) >= 11 is 1.22. The Hall–Kier alpha value is -2.55. The highest BCUT2D eigenvalue weighted by molar-refractivity contribution is 8.18. The van der Waals surface area contributed by atoms with Crippen molar-refractivity contribution < 1.29 is 4.79 Å². The molecule has 1 N–H and O–H groups in total. The molecule has 0 bridgehead atoms. The summed E-state index contributed by atoms with van der Waals surface area (Å²) in [5.74, 6) is 3.59. The van der Waals surface area contributed by atoms with Crippen LogP contribution >= 0.6 is 11.8 Å². The molecule has 142 valence electrons. The Balaban J connectivity index is 1.36. The van der Waals surface area contributed by atoms with E-state index in [2.05, 4.69) is 69.7 Å². The third-order valence-corrected chi connectivity index (χ3v) is 6.06. The Bertz CT molecular complexity index is 981. The minimum atomic E-state index is -0.0734. The number of hydrogen-bond acceptors (Lipinski definition) is 4. The molecular weight excluding hydrogens is 366 g/mol. The predicted molar refractivity (Wildman–Crippen MR) is 117 cm³/mol. The number of benzene rings is 2. The smallest absolute Gasteiger partial charge is 0.289 e. The number of piperidine rings is 1. The van der Waals surface area contributed by atoms with Gasteiger partial charge in [-0.2, -0.15) is 0 Å². The zero-order chi connectivity index (χ0) is 19.3. The molecule has 2 aliphatic rings. The SMILES string of the molecule is C#CCN=C1NC(=O)S/C1=C\C1CCN(Cc2ccc3ccccc3c2)CC1. The molecule has 0 radical (unpaired) electrons. The van der Waals surface area contributed by atoms with E-state index in [0.717, 1.165) is 37.4 Å². The van der Waals surface area contributed by atoms with Crippen LogP contribution < -0.4 is 5.32 Å². The molecule has 28 heavy (non-hydrogen) atoms. The van der Waals surface area contributed by atoms with Crippen molar-refractivity contribution in [1.29, 1.82) is 0 Å². The van der Waals surface area contributed by atoms with E-state index in [1.165, 1.54) is 28.1 Å². The van der Waals surface area contributed by atoms with Crippen LogP contribution in [0.5, 0.6) is 0 Å². The maximum atomic E-state index is 11.7. The van der Waals surface area contributed by atoms with Gasteiger partial charge in [0.25, 0.3) is 5.24 Å². The third kappa shape index (κ3) is 4.46. The number of allylic oxidation sites excluding steroid dienone is 1. The molecule has 0 atom stereocenters. The van der Waals surface area contributed by atoms with Crippen LogP contribution in [-0.4, -0.2) is 35.6 Å². The number of likely N-dealkylation sites (tertiary alicyclic amines) is 1. The van der Waals surface area contributed by atoms with Gasteiger partial charge in [0.15, 0.2) is 0 Å². The molecule has 0 aromatic heterocycles. The third-order valence-electron chi connectivity index (χ3n) is 5.22. The lowest BCUT2D eigenvalue weighted by atomic mass is 9.95. The molecule has 0 saturated carbocycles. The van der Waals surface area contributed by atoms with Crippen molar-refractivity contribution in [3.63, 3.8) is 0 Å². The van der Waals surface area contributed by atoms with Crippen molar-refractivity contribution in [2.45, 2.75) is 19.4 Å². The van der Waals surface area contributed by atoms with E-state index in [9.17, 15) is 4.79 Å². The fraction of sp³-hybridized carbons (Fsp3) is 0.304. The van der Waals surface area contributed by atoms with Crippen molar-refractivity contribution in [1.82, 2.24) is 10.2 Å². The van der Waals surface area contributed by atoms with E-state index in [1.807, 2.05) is 0 Å². The minimum absolute atomic E-state index is 0.0734. The molecule has 2 aliphatic heterocycles. The molecule has 4 nitrogen and oxygen atoms in total. The number of hydrogen-bond donors (Lipinski definition) is 1. The number of rotatable bonds is 4. The van der Waals surface area contributed by atoms with Crippen LogP contribution in [-0.2, 0) is 6.54 Å². The number of nitrogens with zero attached hydrogens (tertiary/aromatic N) is 2. The number of fused-ring (bicyclic) bond motifs is 1. The predicted octanol–water partition coefficient (Wildman–Crippen LogP) is 4.42. The average molecular weight is 390 g/mol. The highest BCUT2D eigenvalue weighted by atomic mass is 32.2. The summed E-state index contributed by atoms with van der Waals surface area (Å²) in [5, 5.41) is 5.30. The molecule has 0 spiro atoms. The summed E-state index contributed by atoms with van der Waals surface area (Å²) in [4.78, 5) is 19.4. The van der Waals surface area contributed by atoms with Gasteiger partial charge in [0, 0.05) is 6.54 Å². The molecule has 2 heterocycles. The highest BCUT2D eigenvalue weighted by Gasteiger charge is 2.26. The van der Waals surface area contributed by atoms with Gasteiger partial charge in [-0.3, -0.25) is 14.7 Å². The van der Waals surface area contributed by atoms with Crippen molar-refractivity contribution >= 4 is 33.6 Å². The Morgan fingerprint density at radius 1 is 1.21 bits per heavy atom. The number of carbonyl (C=O) groups is 1. The summed E-state index contributed by atoms with van der Waals surface area (Å²) in [7, 11) is 0. The number of thioether (sulfide) groups is 1. The highest BCUT2D eigenvalue weighted by Crippen LogP contribution is 2.29. The van der Waals surface area contributed by atoms with Gasteiger partial charge in [0.1, 0.15) is 12.4 Å². The topological polar surface area (TPSA) is 44.7 Å². The Morgan fingerprint density at radius 2 is 2.00 bits per heavy atom. The second kappa shape index (κ2) is 8.64. The molecule has 2 saturated heterocycles. The van der Waals surface area contributed by atoms with Gasteiger partial charge < -0.3 is 5.32 Å².